The van der Waals surface area contributed by atoms with E-state index in [2.05, 4.69) is 66.0 Å². The molecule has 4 rings (SSSR count). The van der Waals surface area contributed by atoms with Crippen LogP contribution in [0.2, 0.25) is 0 Å². The molecule has 0 bridgehead atoms. The Morgan fingerprint density at radius 1 is 1.13 bits per heavy atom. The minimum atomic E-state index is -0.371. The van der Waals surface area contributed by atoms with Crippen LogP contribution in [-0.4, -0.2) is 26.0 Å². The SMILES string of the molecule is CCCc1nnc2n1N[C@@H](c1ccc(C)cc1)[C@@H](C(=O)Nc1ccccc1CC)S2. The van der Waals surface area contributed by atoms with Crippen LogP contribution in [0.1, 0.15) is 48.8 Å². The van der Waals surface area contributed by atoms with Crippen LogP contribution >= 0.6 is 11.8 Å². The summed E-state index contributed by atoms with van der Waals surface area (Å²) in [7, 11) is 0. The van der Waals surface area contributed by atoms with E-state index in [4.69, 9.17) is 0 Å². The number of fused-ring (bicyclic) bond motifs is 1. The predicted molar refractivity (Wildman–Crippen MR) is 121 cm³/mol. The number of aryl methyl sites for hydroxylation is 3. The lowest BCUT2D eigenvalue weighted by molar-refractivity contribution is -0.116. The van der Waals surface area contributed by atoms with Crippen LogP contribution in [0.5, 0.6) is 0 Å². The first-order chi connectivity index (χ1) is 14.6. The smallest absolute Gasteiger partial charge is 0.240 e. The van der Waals surface area contributed by atoms with Gasteiger partial charge in [0, 0.05) is 12.1 Å². The number of benzene rings is 2. The number of nitrogens with one attached hydrogen (secondary N) is 2. The average molecular weight is 422 g/mol. The number of hydrogen-bond donors (Lipinski definition) is 2. The van der Waals surface area contributed by atoms with Crippen molar-refractivity contribution in [2.75, 3.05) is 10.7 Å². The molecule has 0 unspecified atom stereocenters. The topological polar surface area (TPSA) is 71.8 Å². The van der Waals surface area contributed by atoms with Crippen molar-refractivity contribution >= 4 is 23.4 Å². The van der Waals surface area contributed by atoms with Gasteiger partial charge in [-0.2, -0.15) is 0 Å². The Morgan fingerprint density at radius 3 is 2.63 bits per heavy atom. The van der Waals surface area contributed by atoms with Crippen molar-refractivity contribution in [1.29, 1.82) is 0 Å². The number of anilines is 1. The third kappa shape index (κ3) is 4.07. The number of carbonyl (C=O) groups excluding carboxylic acids is 1. The third-order valence-corrected chi connectivity index (χ3v) is 6.54. The zero-order valence-electron chi connectivity index (χ0n) is 17.6. The number of amides is 1. The lowest BCUT2D eigenvalue weighted by Gasteiger charge is -2.33. The summed E-state index contributed by atoms with van der Waals surface area (Å²) in [5, 5.41) is 12.2. The number of para-hydroxylation sites is 1. The molecule has 0 saturated carbocycles. The van der Waals surface area contributed by atoms with Crippen LogP contribution < -0.4 is 10.7 Å². The van der Waals surface area contributed by atoms with Gasteiger partial charge in [-0.05, 0) is 37.0 Å². The average Bonchev–Trinajstić information content (AvgIpc) is 3.16. The Morgan fingerprint density at radius 2 is 1.90 bits per heavy atom. The first-order valence-corrected chi connectivity index (χ1v) is 11.3. The van der Waals surface area contributed by atoms with Crippen molar-refractivity contribution in [2.24, 2.45) is 0 Å². The molecule has 0 radical (unpaired) electrons. The molecule has 1 aliphatic heterocycles. The van der Waals surface area contributed by atoms with E-state index in [1.54, 1.807) is 0 Å². The molecular formula is C23H27N5OS. The molecule has 0 saturated heterocycles. The largest absolute Gasteiger partial charge is 0.325 e. The molecule has 7 heteroatoms. The monoisotopic (exact) mass is 421 g/mol. The minimum Gasteiger partial charge on any atom is -0.325 e. The molecule has 1 amide bonds. The highest BCUT2D eigenvalue weighted by Crippen LogP contribution is 2.38. The maximum atomic E-state index is 13.4. The molecule has 6 nitrogen and oxygen atoms in total. The van der Waals surface area contributed by atoms with Crippen LogP contribution in [-0.2, 0) is 17.6 Å². The summed E-state index contributed by atoms with van der Waals surface area (Å²) in [6, 6.07) is 16.1. The molecule has 0 aliphatic carbocycles. The van der Waals surface area contributed by atoms with Crippen molar-refractivity contribution < 1.29 is 4.79 Å². The summed E-state index contributed by atoms with van der Waals surface area (Å²) in [6.45, 7) is 6.28. The van der Waals surface area contributed by atoms with Crippen LogP contribution in [0.15, 0.2) is 53.7 Å². The number of rotatable bonds is 6. The molecule has 156 valence electrons. The first-order valence-electron chi connectivity index (χ1n) is 10.4. The van der Waals surface area contributed by atoms with Gasteiger partial charge in [0.15, 0.2) is 5.82 Å². The van der Waals surface area contributed by atoms with Gasteiger partial charge in [0.05, 0.1) is 6.04 Å². The third-order valence-electron chi connectivity index (χ3n) is 5.33. The van der Waals surface area contributed by atoms with E-state index < -0.39 is 0 Å². The van der Waals surface area contributed by atoms with E-state index in [0.29, 0.717) is 0 Å². The summed E-state index contributed by atoms with van der Waals surface area (Å²) in [5.41, 5.74) is 7.77. The van der Waals surface area contributed by atoms with Crippen LogP contribution in [0, 0.1) is 6.92 Å². The van der Waals surface area contributed by atoms with Crippen LogP contribution in [0.3, 0.4) is 0 Å². The van der Waals surface area contributed by atoms with E-state index in [0.717, 1.165) is 47.1 Å². The minimum absolute atomic E-state index is 0.0368. The molecule has 2 aromatic carbocycles. The second-order valence-corrected chi connectivity index (χ2v) is 8.65. The fourth-order valence-electron chi connectivity index (χ4n) is 3.66. The van der Waals surface area contributed by atoms with Gasteiger partial charge in [-0.25, -0.2) is 4.68 Å². The fourth-order valence-corrected chi connectivity index (χ4v) is 4.76. The second-order valence-electron chi connectivity index (χ2n) is 7.54. The Kier molecular flexibility index (Phi) is 6.08. The van der Waals surface area contributed by atoms with Gasteiger partial charge >= 0.3 is 0 Å². The predicted octanol–water partition coefficient (Wildman–Crippen LogP) is 4.50. The summed E-state index contributed by atoms with van der Waals surface area (Å²) in [4.78, 5) is 13.4. The van der Waals surface area contributed by atoms with E-state index in [1.807, 2.05) is 28.9 Å². The van der Waals surface area contributed by atoms with E-state index in [-0.39, 0.29) is 17.2 Å². The molecule has 2 N–H and O–H groups in total. The lowest BCUT2D eigenvalue weighted by atomic mass is 10.0. The summed E-state index contributed by atoms with van der Waals surface area (Å²) < 4.78 is 1.95. The Balaban J connectivity index is 1.67. The molecule has 1 aromatic heterocycles. The number of aromatic nitrogens is 3. The number of hydrogen-bond acceptors (Lipinski definition) is 5. The number of thioether (sulfide) groups is 1. The highest BCUT2D eigenvalue weighted by Gasteiger charge is 2.37. The molecule has 1 aliphatic rings. The van der Waals surface area contributed by atoms with Gasteiger partial charge in [0.25, 0.3) is 0 Å². The quantitative estimate of drug-likeness (QED) is 0.613. The highest BCUT2D eigenvalue weighted by atomic mass is 32.2. The lowest BCUT2D eigenvalue weighted by Crippen LogP contribution is -2.41. The van der Waals surface area contributed by atoms with Gasteiger partial charge in [0.1, 0.15) is 5.25 Å². The van der Waals surface area contributed by atoms with Gasteiger partial charge < -0.3 is 10.7 Å². The highest BCUT2D eigenvalue weighted by molar-refractivity contribution is 8.00. The molecule has 0 spiro atoms. The fraction of sp³-hybridized carbons (Fsp3) is 0.348. The standard InChI is InChI=1S/C23H27N5OS/c1-4-8-19-25-26-23-28(19)27-20(17-13-11-15(3)12-14-17)21(30-23)22(29)24-18-10-7-6-9-16(18)5-2/h6-7,9-14,20-21,27H,4-5,8H2,1-3H3,(H,24,29)/t20-,21-/m0/s1. The Labute approximate surface area is 181 Å². The normalized spacial score (nSPS) is 17.8. The second kappa shape index (κ2) is 8.92. The maximum Gasteiger partial charge on any atom is 0.240 e. The van der Waals surface area contributed by atoms with Gasteiger partial charge in [0.2, 0.25) is 11.1 Å². The van der Waals surface area contributed by atoms with Crippen molar-refractivity contribution in [2.45, 2.75) is 56.5 Å². The van der Waals surface area contributed by atoms with Crippen LogP contribution in [0.25, 0.3) is 0 Å². The first kappa shape index (κ1) is 20.5. The van der Waals surface area contributed by atoms with E-state index >= 15 is 0 Å². The summed E-state index contributed by atoms with van der Waals surface area (Å²) in [6.07, 6.45) is 2.68. The van der Waals surface area contributed by atoms with Crippen molar-refractivity contribution in [3.63, 3.8) is 0 Å². The zero-order chi connectivity index (χ0) is 21.1. The summed E-state index contributed by atoms with van der Waals surface area (Å²) in [5.74, 6) is 0.859. The van der Waals surface area contributed by atoms with Gasteiger partial charge in [-0.1, -0.05) is 73.6 Å². The molecule has 3 aromatic rings. The van der Waals surface area contributed by atoms with Crippen LogP contribution in [0.4, 0.5) is 5.69 Å². The van der Waals surface area contributed by atoms with E-state index in [1.165, 1.54) is 17.3 Å². The molecule has 2 heterocycles. The zero-order valence-corrected chi connectivity index (χ0v) is 18.4. The Bertz CT molecular complexity index is 1030. The van der Waals surface area contributed by atoms with Crippen molar-refractivity contribution in [3.05, 3.63) is 71.0 Å². The van der Waals surface area contributed by atoms with Crippen molar-refractivity contribution in [3.8, 4) is 0 Å². The van der Waals surface area contributed by atoms with Crippen molar-refractivity contribution in [1.82, 2.24) is 14.9 Å². The molecule has 30 heavy (non-hydrogen) atoms. The number of nitrogens with zero attached hydrogens (tertiary/aromatic N) is 3. The van der Waals surface area contributed by atoms with Gasteiger partial charge in [-0.3, -0.25) is 4.79 Å². The molecular weight excluding hydrogens is 394 g/mol. The van der Waals surface area contributed by atoms with E-state index in [9.17, 15) is 4.79 Å². The number of carbonyl (C=O) groups is 1. The summed E-state index contributed by atoms with van der Waals surface area (Å²) >= 11 is 1.47. The molecule has 2 atom stereocenters. The maximum absolute atomic E-state index is 13.4. The van der Waals surface area contributed by atoms with Gasteiger partial charge in [-0.15, -0.1) is 10.2 Å². The Hall–Kier alpha value is -2.80. The molecule has 0 fully saturated rings.